The zero-order chi connectivity index (χ0) is 23.2. The Kier molecular flexibility index (Phi) is 6.55. The van der Waals surface area contributed by atoms with Gasteiger partial charge in [0.25, 0.3) is 0 Å². The maximum Gasteiger partial charge on any atom is 0.353 e. The van der Waals surface area contributed by atoms with Crippen LogP contribution in [0.15, 0.2) is 91.0 Å². The highest BCUT2D eigenvalue weighted by Gasteiger charge is 2.32. The monoisotopic (exact) mass is 438 g/mol. The lowest BCUT2D eigenvalue weighted by Gasteiger charge is -2.20. The van der Waals surface area contributed by atoms with Crippen molar-refractivity contribution < 1.29 is 19.1 Å². The van der Waals surface area contributed by atoms with E-state index in [1.54, 1.807) is 30.3 Å². The Labute approximate surface area is 191 Å². The van der Waals surface area contributed by atoms with Gasteiger partial charge >= 0.3 is 11.9 Å². The van der Waals surface area contributed by atoms with Crippen molar-refractivity contribution in [3.8, 4) is 22.5 Å². The van der Waals surface area contributed by atoms with Crippen molar-refractivity contribution in [1.82, 2.24) is 9.97 Å². The number of hydrogen-bond acceptors (Lipinski definition) is 6. The van der Waals surface area contributed by atoms with Crippen LogP contribution in [0.4, 0.5) is 0 Å². The summed E-state index contributed by atoms with van der Waals surface area (Å²) in [6, 6.07) is 27.3. The van der Waals surface area contributed by atoms with Crippen molar-refractivity contribution >= 4 is 11.9 Å². The van der Waals surface area contributed by atoms with E-state index in [9.17, 15) is 9.59 Å². The van der Waals surface area contributed by atoms with Crippen LogP contribution < -0.4 is 0 Å². The molecular weight excluding hydrogens is 416 g/mol. The molecule has 0 saturated carbocycles. The van der Waals surface area contributed by atoms with Gasteiger partial charge in [-0.2, -0.15) is 0 Å². The summed E-state index contributed by atoms with van der Waals surface area (Å²) in [4.78, 5) is 35.1. The lowest BCUT2D eigenvalue weighted by Crippen LogP contribution is -2.24. The molecule has 33 heavy (non-hydrogen) atoms. The van der Waals surface area contributed by atoms with Gasteiger partial charge in [-0.15, -0.1) is 0 Å². The molecule has 4 aromatic rings. The van der Waals surface area contributed by atoms with Crippen LogP contribution in [-0.2, 0) is 14.3 Å². The Bertz CT molecular complexity index is 1260. The quantitative estimate of drug-likeness (QED) is 0.386. The molecule has 0 aliphatic carbocycles. The average Bonchev–Trinajstić information content (AvgIpc) is 2.87. The first-order chi connectivity index (χ1) is 16.1. The Morgan fingerprint density at radius 1 is 0.758 bits per heavy atom. The lowest BCUT2D eigenvalue weighted by atomic mass is 9.98. The van der Waals surface area contributed by atoms with Gasteiger partial charge in [-0.3, -0.25) is 0 Å². The van der Waals surface area contributed by atoms with E-state index < -0.39 is 18.0 Å². The fraction of sp³-hybridized carbons (Fsp3) is 0.111. The molecule has 4 rings (SSSR count). The molecule has 0 bridgehead atoms. The SMILES string of the molecule is COC(=O)C(OC(=O)c1ccccc1)c1nc(-c2ccccc2)nc(C)c1-c1ccccc1. The van der Waals surface area contributed by atoms with E-state index in [1.165, 1.54) is 7.11 Å². The molecule has 3 aromatic carbocycles. The molecular formula is C27H22N2O4. The van der Waals surface area contributed by atoms with Crippen LogP contribution >= 0.6 is 0 Å². The topological polar surface area (TPSA) is 78.4 Å². The third-order valence-corrected chi connectivity index (χ3v) is 5.11. The van der Waals surface area contributed by atoms with Gasteiger partial charge in [0.05, 0.1) is 12.7 Å². The Morgan fingerprint density at radius 2 is 1.30 bits per heavy atom. The van der Waals surface area contributed by atoms with E-state index >= 15 is 0 Å². The first kappa shape index (κ1) is 21.9. The summed E-state index contributed by atoms with van der Waals surface area (Å²) >= 11 is 0. The summed E-state index contributed by atoms with van der Waals surface area (Å²) < 4.78 is 10.7. The number of carbonyl (C=O) groups is 2. The first-order valence-electron chi connectivity index (χ1n) is 10.4. The van der Waals surface area contributed by atoms with E-state index in [1.807, 2.05) is 67.6 Å². The van der Waals surface area contributed by atoms with Crippen LogP contribution in [0.1, 0.15) is 27.8 Å². The Hall–Kier alpha value is -4.32. The van der Waals surface area contributed by atoms with Crippen LogP contribution in [0.25, 0.3) is 22.5 Å². The van der Waals surface area contributed by atoms with Crippen molar-refractivity contribution in [2.45, 2.75) is 13.0 Å². The second kappa shape index (κ2) is 9.87. The van der Waals surface area contributed by atoms with Crippen molar-refractivity contribution in [2.75, 3.05) is 7.11 Å². The average molecular weight is 438 g/mol. The second-order valence-corrected chi connectivity index (χ2v) is 7.30. The van der Waals surface area contributed by atoms with E-state index in [0.29, 0.717) is 22.6 Å². The number of rotatable bonds is 6. The smallest absolute Gasteiger partial charge is 0.353 e. The largest absolute Gasteiger partial charge is 0.466 e. The summed E-state index contributed by atoms with van der Waals surface area (Å²) in [5, 5.41) is 0. The van der Waals surface area contributed by atoms with Gasteiger partial charge < -0.3 is 9.47 Å². The molecule has 6 heteroatoms. The number of ether oxygens (including phenoxy) is 2. The number of esters is 2. The maximum absolute atomic E-state index is 12.9. The van der Waals surface area contributed by atoms with Gasteiger partial charge in [-0.1, -0.05) is 78.9 Å². The molecule has 1 aromatic heterocycles. The zero-order valence-electron chi connectivity index (χ0n) is 18.3. The number of nitrogens with zero attached hydrogens (tertiary/aromatic N) is 2. The van der Waals surface area contributed by atoms with E-state index in [4.69, 9.17) is 14.5 Å². The Balaban J connectivity index is 1.89. The van der Waals surface area contributed by atoms with E-state index in [2.05, 4.69) is 4.98 Å². The fourth-order valence-electron chi connectivity index (χ4n) is 3.53. The van der Waals surface area contributed by atoms with Crippen molar-refractivity contribution in [3.63, 3.8) is 0 Å². The van der Waals surface area contributed by atoms with Gasteiger partial charge in [0, 0.05) is 16.8 Å². The minimum atomic E-state index is -1.37. The molecule has 164 valence electrons. The van der Waals surface area contributed by atoms with Gasteiger partial charge in [-0.25, -0.2) is 19.6 Å². The molecule has 0 aliphatic rings. The summed E-state index contributed by atoms with van der Waals surface area (Å²) in [5.41, 5.74) is 3.43. The molecule has 0 N–H and O–H groups in total. The standard InChI is InChI=1S/C27H22N2O4/c1-18-22(19-12-6-3-7-13-19)23(29-25(28-18)20-14-8-4-9-15-20)24(27(31)32-2)33-26(30)21-16-10-5-11-17-21/h3-17,24H,1-2H3. The molecule has 0 radical (unpaired) electrons. The third kappa shape index (κ3) is 4.80. The van der Waals surface area contributed by atoms with Crippen molar-refractivity contribution in [3.05, 3.63) is 108 Å². The number of methoxy groups -OCH3 is 1. The lowest BCUT2D eigenvalue weighted by molar-refractivity contribution is -0.151. The first-order valence-corrected chi connectivity index (χ1v) is 10.4. The number of aromatic nitrogens is 2. The van der Waals surface area contributed by atoms with E-state index in [0.717, 1.165) is 11.1 Å². The molecule has 1 heterocycles. The fourth-order valence-corrected chi connectivity index (χ4v) is 3.53. The van der Waals surface area contributed by atoms with Crippen LogP contribution in [0.2, 0.25) is 0 Å². The number of hydrogen-bond donors (Lipinski definition) is 0. The third-order valence-electron chi connectivity index (χ3n) is 5.11. The zero-order valence-corrected chi connectivity index (χ0v) is 18.3. The van der Waals surface area contributed by atoms with E-state index in [-0.39, 0.29) is 5.69 Å². The molecule has 6 nitrogen and oxygen atoms in total. The van der Waals surface area contributed by atoms with Gasteiger partial charge in [0.1, 0.15) is 5.69 Å². The van der Waals surface area contributed by atoms with Crippen LogP contribution in [0.5, 0.6) is 0 Å². The van der Waals surface area contributed by atoms with Crippen molar-refractivity contribution in [2.24, 2.45) is 0 Å². The summed E-state index contributed by atoms with van der Waals surface area (Å²) in [6.45, 7) is 1.84. The highest BCUT2D eigenvalue weighted by molar-refractivity contribution is 5.92. The predicted octanol–water partition coefficient (Wildman–Crippen LogP) is 5.19. The van der Waals surface area contributed by atoms with Crippen LogP contribution in [-0.4, -0.2) is 29.0 Å². The molecule has 1 unspecified atom stereocenters. The van der Waals surface area contributed by atoms with Gasteiger partial charge in [0.2, 0.25) is 6.10 Å². The number of benzene rings is 3. The minimum Gasteiger partial charge on any atom is -0.466 e. The Morgan fingerprint density at radius 3 is 1.88 bits per heavy atom. The second-order valence-electron chi connectivity index (χ2n) is 7.30. The maximum atomic E-state index is 12.9. The van der Waals surface area contributed by atoms with Crippen LogP contribution in [0, 0.1) is 6.92 Å². The number of carbonyl (C=O) groups excluding carboxylic acids is 2. The van der Waals surface area contributed by atoms with Crippen LogP contribution in [0.3, 0.4) is 0 Å². The summed E-state index contributed by atoms with van der Waals surface area (Å²) in [5.74, 6) is -0.955. The highest BCUT2D eigenvalue weighted by Crippen LogP contribution is 2.34. The normalized spacial score (nSPS) is 11.5. The molecule has 0 fully saturated rings. The molecule has 0 amide bonds. The van der Waals surface area contributed by atoms with Gasteiger partial charge in [0.15, 0.2) is 5.82 Å². The highest BCUT2D eigenvalue weighted by atomic mass is 16.6. The molecule has 0 saturated heterocycles. The number of aryl methyl sites for hydroxylation is 1. The molecule has 0 spiro atoms. The summed E-state index contributed by atoms with van der Waals surface area (Å²) in [7, 11) is 1.25. The predicted molar refractivity (Wildman–Crippen MR) is 124 cm³/mol. The van der Waals surface area contributed by atoms with Crippen molar-refractivity contribution in [1.29, 1.82) is 0 Å². The molecule has 1 atom stereocenters. The molecule has 0 aliphatic heterocycles. The minimum absolute atomic E-state index is 0.267. The summed E-state index contributed by atoms with van der Waals surface area (Å²) in [6.07, 6.45) is -1.37. The van der Waals surface area contributed by atoms with Gasteiger partial charge in [-0.05, 0) is 24.6 Å².